The summed E-state index contributed by atoms with van der Waals surface area (Å²) < 4.78 is 5.86. The van der Waals surface area contributed by atoms with Crippen molar-refractivity contribution in [3.63, 3.8) is 0 Å². The quantitative estimate of drug-likeness (QED) is 0.608. The van der Waals surface area contributed by atoms with Crippen LogP contribution in [0, 0.1) is 0 Å². The van der Waals surface area contributed by atoms with Gasteiger partial charge in [0.1, 0.15) is 11.3 Å². The first-order valence-corrected chi connectivity index (χ1v) is 5.36. The topological polar surface area (TPSA) is 13.1 Å². The summed E-state index contributed by atoms with van der Waals surface area (Å²) >= 11 is 0. The molecule has 2 aromatic rings. The number of fused-ring (bicyclic) bond motifs is 3. The van der Waals surface area contributed by atoms with Gasteiger partial charge in [0.25, 0.3) is 0 Å². The molecule has 0 saturated carbocycles. The van der Waals surface area contributed by atoms with E-state index in [4.69, 9.17) is 4.42 Å². The first-order chi connectivity index (χ1) is 6.86. The van der Waals surface area contributed by atoms with Crippen LogP contribution in [-0.4, -0.2) is 0 Å². The molecule has 3 rings (SSSR count). The lowest BCUT2D eigenvalue weighted by Crippen LogP contribution is -2.03. The maximum atomic E-state index is 5.86. The van der Waals surface area contributed by atoms with Crippen molar-refractivity contribution in [1.82, 2.24) is 0 Å². The molecule has 0 spiro atoms. The Morgan fingerprint density at radius 3 is 3.07 bits per heavy atom. The second kappa shape index (κ2) is 2.88. The van der Waals surface area contributed by atoms with Gasteiger partial charge in [-0.1, -0.05) is 25.1 Å². The SMILES string of the molecule is C[C@@H]1CCCc2oc3ccccc3c21. The van der Waals surface area contributed by atoms with Crippen molar-refractivity contribution in [2.75, 3.05) is 0 Å². The molecule has 1 heterocycles. The number of aryl methyl sites for hydroxylation is 1. The molecule has 0 amide bonds. The Kier molecular flexibility index (Phi) is 1.66. The smallest absolute Gasteiger partial charge is 0.134 e. The van der Waals surface area contributed by atoms with Gasteiger partial charge in [-0.15, -0.1) is 0 Å². The Hall–Kier alpha value is -1.24. The van der Waals surface area contributed by atoms with Crippen molar-refractivity contribution in [1.29, 1.82) is 0 Å². The highest BCUT2D eigenvalue weighted by Crippen LogP contribution is 2.38. The van der Waals surface area contributed by atoms with Crippen molar-refractivity contribution in [2.24, 2.45) is 0 Å². The highest BCUT2D eigenvalue weighted by Gasteiger charge is 2.22. The maximum absolute atomic E-state index is 5.86. The van der Waals surface area contributed by atoms with Gasteiger partial charge < -0.3 is 4.42 Å². The summed E-state index contributed by atoms with van der Waals surface area (Å²) in [7, 11) is 0. The van der Waals surface area contributed by atoms with Crippen LogP contribution < -0.4 is 0 Å². The number of hydrogen-bond acceptors (Lipinski definition) is 1. The van der Waals surface area contributed by atoms with E-state index in [1.807, 2.05) is 6.07 Å². The Morgan fingerprint density at radius 2 is 2.14 bits per heavy atom. The summed E-state index contributed by atoms with van der Waals surface area (Å²) in [5.41, 5.74) is 2.53. The largest absolute Gasteiger partial charge is 0.461 e. The van der Waals surface area contributed by atoms with Gasteiger partial charge in [-0.25, -0.2) is 0 Å². The predicted octanol–water partition coefficient (Wildman–Crippen LogP) is 3.87. The second-order valence-electron chi connectivity index (χ2n) is 4.23. The van der Waals surface area contributed by atoms with E-state index in [2.05, 4.69) is 25.1 Å². The Balaban J connectivity index is 2.34. The van der Waals surface area contributed by atoms with Crippen LogP contribution in [-0.2, 0) is 6.42 Å². The number of furan rings is 1. The summed E-state index contributed by atoms with van der Waals surface area (Å²) in [6.07, 6.45) is 3.69. The van der Waals surface area contributed by atoms with Gasteiger partial charge in [0, 0.05) is 17.4 Å². The van der Waals surface area contributed by atoms with Crippen molar-refractivity contribution in [3.8, 4) is 0 Å². The van der Waals surface area contributed by atoms with Crippen molar-refractivity contribution in [2.45, 2.75) is 32.1 Å². The van der Waals surface area contributed by atoms with Crippen LogP contribution in [0.5, 0.6) is 0 Å². The highest BCUT2D eigenvalue weighted by atomic mass is 16.3. The summed E-state index contributed by atoms with van der Waals surface area (Å²) in [6, 6.07) is 8.39. The predicted molar refractivity (Wildman–Crippen MR) is 57.6 cm³/mol. The summed E-state index contributed by atoms with van der Waals surface area (Å²) in [4.78, 5) is 0. The lowest BCUT2D eigenvalue weighted by Gasteiger charge is -2.17. The van der Waals surface area contributed by atoms with Crippen molar-refractivity contribution in [3.05, 3.63) is 35.6 Å². The average molecular weight is 186 g/mol. The molecule has 0 bridgehead atoms. The zero-order valence-electron chi connectivity index (χ0n) is 8.42. The zero-order valence-corrected chi connectivity index (χ0v) is 8.42. The third-order valence-corrected chi connectivity index (χ3v) is 3.24. The van der Waals surface area contributed by atoms with E-state index in [1.54, 1.807) is 0 Å². The van der Waals surface area contributed by atoms with E-state index < -0.39 is 0 Å². The average Bonchev–Trinajstić information content (AvgIpc) is 2.57. The molecule has 0 fully saturated rings. The minimum absolute atomic E-state index is 0.669. The lowest BCUT2D eigenvalue weighted by molar-refractivity contribution is 0.480. The molecule has 0 N–H and O–H groups in total. The van der Waals surface area contributed by atoms with Crippen LogP contribution in [0.4, 0.5) is 0 Å². The van der Waals surface area contributed by atoms with Crippen LogP contribution >= 0.6 is 0 Å². The van der Waals surface area contributed by atoms with Crippen LogP contribution in [0.1, 0.15) is 37.0 Å². The molecule has 0 unspecified atom stereocenters. The first-order valence-electron chi connectivity index (χ1n) is 5.36. The van der Waals surface area contributed by atoms with Crippen LogP contribution in [0.25, 0.3) is 11.0 Å². The Bertz CT molecular complexity index is 467. The van der Waals surface area contributed by atoms with E-state index in [9.17, 15) is 0 Å². The maximum Gasteiger partial charge on any atom is 0.134 e. The molecule has 0 aliphatic heterocycles. The minimum atomic E-state index is 0.669. The fourth-order valence-corrected chi connectivity index (χ4v) is 2.56. The zero-order chi connectivity index (χ0) is 9.54. The number of para-hydroxylation sites is 1. The molecule has 0 saturated heterocycles. The standard InChI is InChI=1S/C13H14O/c1-9-5-4-8-12-13(9)10-6-2-3-7-11(10)14-12/h2-3,6-7,9H,4-5,8H2,1H3/t9-/m1/s1. The molecule has 1 aliphatic rings. The molecule has 1 aromatic carbocycles. The molecular formula is C13H14O. The van der Waals surface area contributed by atoms with E-state index in [0.717, 1.165) is 12.0 Å². The van der Waals surface area contributed by atoms with Gasteiger partial charge in [-0.05, 0) is 24.8 Å². The van der Waals surface area contributed by atoms with Crippen LogP contribution in [0.3, 0.4) is 0 Å². The van der Waals surface area contributed by atoms with Crippen LogP contribution in [0.15, 0.2) is 28.7 Å². The minimum Gasteiger partial charge on any atom is -0.461 e. The highest BCUT2D eigenvalue weighted by molar-refractivity contribution is 5.83. The summed E-state index contributed by atoms with van der Waals surface area (Å²) in [5, 5.41) is 1.33. The lowest BCUT2D eigenvalue weighted by atomic mass is 9.87. The molecule has 1 nitrogen and oxygen atoms in total. The van der Waals surface area contributed by atoms with Crippen molar-refractivity contribution < 1.29 is 4.42 Å². The Morgan fingerprint density at radius 1 is 1.29 bits per heavy atom. The number of hydrogen-bond donors (Lipinski definition) is 0. The van der Waals surface area contributed by atoms with Gasteiger partial charge in [-0.2, -0.15) is 0 Å². The fourth-order valence-electron chi connectivity index (χ4n) is 2.56. The molecule has 1 heteroatoms. The number of rotatable bonds is 0. The third-order valence-electron chi connectivity index (χ3n) is 3.24. The number of benzene rings is 1. The van der Waals surface area contributed by atoms with Crippen LogP contribution in [0.2, 0.25) is 0 Å². The van der Waals surface area contributed by atoms with Gasteiger partial charge in [0.15, 0.2) is 0 Å². The van der Waals surface area contributed by atoms with Gasteiger partial charge in [0.2, 0.25) is 0 Å². The van der Waals surface area contributed by atoms with E-state index in [1.165, 1.54) is 29.6 Å². The molecule has 72 valence electrons. The molecule has 1 aliphatic carbocycles. The van der Waals surface area contributed by atoms with Gasteiger partial charge >= 0.3 is 0 Å². The van der Waals surface area contributed by atoms with Gasteiger partial charge in [0.05, 0.1) is 0 Å². The fraction of sp³-hybridized carbons (Fsp3) is 0.385. The monoisotopic (exact) mass is 186 g/mol. The van der Waals surface area contributed by atoms with Gasteiger partial charge in [-0.3, -0.25) is 0 Å². The molecule has 14 heavy (non-hydrogen) atoms. The summed E-state index contributed by atoms with van der Waals surface area (Å²) in [5.74, 6) is 1.90. The van der Waals surface area contributed by atoms with E-state index in [-0.39, 0.29) is 0 Å². The van der Waals surface area contributed by atoms with E-state index in [0.29, 0.717) is 5.92 Å². The third kappa shape index (κ3) is 1.02. The first kappa shape index (κ1) is 8.10. The summed E-state index contributed by atoms with van der Waals surface area (Å²) in [6.45, 7) is 2.31. The normalized spacial score (nSPS) is 21.1. The second-order valence-corrected chi connectivity index (χ2v) is 4.23. The van der Waals surface area contributed by atoms with E-state index >= 15 is 0 Å². The molecule has 0 radical (unpaired) electrons. The molecule has 1 aromatic heterocycles. The molecule has 1 atom stereocenters. The van der Waals surface area contributed by atoms with Crippen molar-refractivity contribution >= 4 is 11.0 Å². The molecular weight excluding hydrogens is 172 g/mol. The Labute approximate surface area is 83.7 Å².